The Balaban J connectivity index is 1.23. The van der Waals surface area contributed by atoms with E-state index in [-0.39, 0.29) is 29.7 Å². The molecule has 1 aliphatic rings. The van der Waals surface area contributed by atoms with Gasteiger partial charge in [0.2, 0.25) is 11.9 Å². The smallest absolute Gasteiger partial charge is 0.251 e. The van der Waals surface area contributed by atoms with Gasteiger partial charge in [0.15, 0.2) is 5.78 Å². The Bertz CT molecular complexity index is 1700. The summed E-state index contributed by atoms with van der Waals surface area (Å²) >= 11 is 6.54. The Kier molecular flexibility index (Phi) is 9.26. The number of nitrogens with zero attached hydrogens (tertiary/aromatic N) is 4. The van der Waals surface area contributed by atoms with E-state index in [0.717, 1.165) is 42.3 Å². The summed E-state index contributed by atoms with van der Waals surface area (Å²) in [5, 5.41) is 14.1. The van der Waals surface area contributed by atoms with Crippen molar-refractivity contribution in [2.75, 3.05) is 10.6 Å². The molecule has 3 N–H and O–H groups in total. The van der Waals surface area contributed by atoms with Gasteiger partial charge in [-0.3, -0.25) is 14.4 Å². The van der Waals surface area contributed by atoms with Gasteiger partial charge in [-0.05, 0) is 87.1 Å². The fourth-order valence-electron chi connectivity index (χ4n) is 5.12. The molecule has 10 nitrogen and oxygen atoms in total. The molecule has 1 saturated carbocycles. The third kappa shape index (κ3) is 7.52. The molecule has 0 spiro atoms. The third-order valence-electron chi connectivity index (χ3n) is 7.23. The van der Waals surface area contributed by atoms with Crippen molar-refractivity contribution in [3.63, 3.8) is 0 Å². The molecule has 0 saturated heterocycles. The number of ketones is 1. The fraction of sp³-hybridized carbons (Fsp3) is 0.250. The van der Waals surface area contributed by atoms with Crippen LogP contribution in [0, 0.1) is 0 Å². The first kappa shape index (κ1) is 29.7. The molecule has 1 aromatic carbocycles. The molecule has 2 atom stereocenters. The van der Waals surface area contributed by atoms with Crippen molar-refractivity contribution in [1.82, 2.24) is 24.9 Å². The van der Waals surface area contributed by atoms with Crippen LogP contribution in [0.1, 0.15) is 48.5 Å². The predicted octanol–water partition coefficient (Wildman–Crippen LogP) is 5.41. The van der Waals surface area contributed by atoms with E-state index in [9.17, 15) is 14.4 Å². The number of pyridine rings is 1. The summed E-state index contributed by atoms with van der Waals surface area (Å²) in [6.45, 7) is 4.96. The zero-order chi connectivity index (χ0) is 30.3. The molecular formula is C32H32ClN7O3. The van der Waals surface area contributed by atoms with Gasteiger partial charge in [0.25, 0.3) is 5.91 Å². The first-order chi connectivity index (χ1) is 20.8. The van der Waals surface area contributed by atoms with Crippen LogP contribution in [-0.4, -0.2) is 49.3 Å². The second-order valence-electron chi connectivity index (χ2n) is 10.5. The number of fused-ring (bicyclic) bond motifs is 1. The number of halogens is 1. The second kappa shape index (κ2) is 13.4. The highest BCUT2D eigenvalue weighted by molar-refractivity contribution is 6.33. The molecule has 1 aliphatic carbocycles. The number of aromatic nitrogens is 4. The van der Waals surface area contributed by atoms with Gasteiger partial charge >= 0.3 is 0 Å². The Morgan fingerprint density at radius 2 is 1.88 bits per heavy atom. The molecule has 3 aromatic heterocycles. The molecule has 0 radical (unpaired) electrons. The maximum absolute atomic E-state index is 12.9. The zero-order valence-corrected chi connectivity index (χ0v) is 24.5. The van der Waals surface area contributed by atoms with Gasteiger partial charge in [-0.15, -0.1) is 0 Å². The molecule has 11 heteroatoms. The largest absolute Gasteiger partial charge is 0.351 e. The van der Waals surface area contributed by atoms with E-state index in [1.165, 1.54) is 13.0 Å². The average Bonchev–Trinajstić information content (AvgIpc) is 3.41. The highest BCUT2D eigenvalue weighted by atomic mass is 35.5. The number of nitrogens with one attached hydrogen (secondary N) is 3. The molecular weight excluding hydrogens is 566 g/mol. The van der Waals surface area contributed by atoms with Crippen molar-refractivity contribution in [3.8, 4) is 11.3 Å². The van der Waals surface area contributed by atoms with Crippen LogP contribution in [0.15, 0.2) is 79.8 Å². The number of rotatable bonds is 10. The zero-order valence-electron chi connectivity index (χ0n) is 23.7. The Morgan fingerprint density at radius 1 is 1.09 bits per heavy atom. The number of allylic oxidation sites excluding steroid dienone is 2. The molecule has 0 unspecified atom stereocenters. The molecule has 0 bridgehead atoms. The molecule has 3 heterocycles. The first-order valence-corrected chi connectivity index (χ1v) is 14.4. The highest BCUT2D eigenvalue weighted by Gasteiger charge is 2.25. The third-order valence-corrected chi connectivity index (χ3v) is 7.50. The molecule has 220 valence electrons. The van der Waals surface area contributed by atoms with Crippen molar-refractivity contribution < 1.29 is 14.4 Å². The van der Waals surface area contributed by atoms with E-state index >= 15 is 0 Å². The van der Waals surface area contributed by atoms with E-state index < -0.39 is 0 Å². The van der Waals surface area contributed by atoms with Crippen LogP contribution in [0.4, 0.5) is 11.6 Å². The van der Waals surface area contributed by atoms with Gasteiger partial charge in [0.1, 0.15) is 0 Å². The number of hydrogen-bond donors (Lipinski definition) is 3. The van der Waals surface area contributed by atoms with Crippen LogP contribution in [0.3, 0.4) is 0 Å². The Morgan fingerprint density at radius 3 is 2.65 bits per heavy atom. The van der Waals surface area contributed by atoms with Crippen molar-refractivity contribution in [1.29, 1.82) is 0 Å². The van der Waals surface area contributed by atoms with Crippen LogP contribution in [0.5, 0.6) is 0 Å². The summed E-state index contributed by atoms with van der Waals surface area (Å²) in [4.78, 5) is 44.7. The average molecular weight is 598 g/mol. The number of anilines is 2. The summed E-state index contributed by atoms with van der Waals surface area (Å²) in [6.07, 6.45) is 13.9. The normalized spacial score (nSPS) is 16.6. The Hall–Kier alpha value is -4.83. The van der Waals surface area contributed by atoms with E-state index in [1.807, 2.05) is 24.4 Å². The van der Waals surface area contributed by atoms with Gasteiger partial charge in [-0.25, -0.2) is 14.5 Å². The minimum Gasteiger partial charge on any atom is -0.351 e. The number of carbonyl (C=O) groups is 3. The maximum atomic E-state index is 12.9. The van der Waals surface area contributed by atoms with Crippen molar-refractivity contribution in [2.24, 2.45) is 0 Å². The highest BCUT2D eigenvalue weighted by Crippen LogP contribution is 2.31. The minimum atomic E-state index is -0.307. The summed E-state index contributed by atoms with van der Waals surface area (Å²) in [5.41, 5.74) is 4.34. The molecule has 4 aromatic rings. The van der Waals surface area contributed by atoms with Crippen molar-refractivity contribution >= 4 is 46.4 Å². The van der Waals surface area contributed by atoms with E-state index in [1.54, 1.807) is 47.3 Å². The van der Waals surface area contributed by atoms with Crippen LogP contribution in [0.25, 0.3) is 16.8 Å². The monoisotopic (exact) mass is 597 g/mol. The number of amides is 2. The lowest BCUT2D eigenvalue weighted by atomic mass is 9.91. The van der Waals surface area contributed by atoms with E-state index in [4.69, 9.17) is 16.6 Å². The molecule has 5 rings (SSSR count). The van der Waals surface area contributed by atoms with Gasteiger partial charge in [0.05, 0.1) is 28.6 Å². The van der Waals surface area contributed by atoms with E-state index in [0.29, 0.717) is 34.3 Å². The quantitative estimate of drug-likeness (QED) is 0.208. The predicted molar refractivity (Wildman–Crippen MR) is 167 cm³/mol. The summed E-state index contributed by atoms with van der Waals surface area (Å²) in [6, 6.07) is 10.8. The van der Waals surface area contributed by atoms with Crippen LogP contribution in [-0.2, 0) is 16.0 Å². The molecule has 1 fully saturated rings. The standard InChI is InChI=1S/C32H32ClN7O3/c1-3-29(42)36-23-13-11-22(12-14-23)31(43)37-24-8-5-9-25(16-24)38-32-34-18-27(33)30(39-32)26-17-35-40-19-21(10-15-28(26)40)7-4-6-20(2)41/h3-4,6,10-15,17-19,24-25H,1,5,7-9,16H2,2H3,(H,36,42)(H,37,43)(H,34,38,39)/b6-4+/t24-,25+/m0/s1. The minimum absolute atomic E-state index is 0.00947. The summed E-state index contributed by atoms with van der Waals surface area (Å²) < 4.78 is 1.77. The molecule has 43 heavy (non-hydrogen) atoms. The van der Waals surface area contributed by atoms with Crippen LogP contribution in [0.2, 0.25) is 5.02 Å². The van der Waals surface area contributed by atoms with Crippen LogP contribution < -0.4 is 16.0 Å². The summed E-state index contributed by atoms with van der Waals surface area (Å²) in [5.74, 6) is -0.00107. The molecule has 2 amide bonds. The first-order valence-electron chi connectivity index (χ1n) is 14.1. The van der Waals surface area contributed by atoms with Gasteiger partial charge in [0, 0.05) is 35.1 Å². The van der Waals surface area contributed by atoms with E-state index in [2.05, 4.69) is 32.6 Å². The molecule has 0 aliphatic heterocycles. The maximum Gasteiger partial charge on any atom is 0.251 e. The number of carbonyl (C=O) groups excluding carboxylic acids is 3. The fourth-order valence-corrected chi connectivity index (χ4v) is 5.31. The Labute approximate surface area is 254 Å². The topological polar surface area (TPSA) is 130 Å². The SMILES string of the molecule is C=CC(=O)Nc1ccc(C(=O)N[C@H]2CCC[C@@H](Nc3ncc(Cl)c(-c4cnn5cc(C/C=C/C(C)=O)ccc45)n3)C2)cc1. The van der Waals surface area contributed by atoms with Gasteiger partial charge < -0.3 is 16.0 Å². The van der Waals surface area contributed by atoms with Crippen molar-refractivity contribution in [2.45, 2.75) is 51.1 Å². The lowest BCUT2D eigenvalue weighted by Crippen LogP contribution is -2.42. The number of benzene rings is 1. The van der Waals surface area contributed by atoms with Crippen molar-refractivity contribution in [3.05, 3.63) is 95.9 Å². The summed E-state index contributed by atoms with van der Waals surface area (Å²) in [7, 11) is 0. The number of hydrogen-bond acceptors (Lipinski definition) is 7. The second-order valence-corrected chi connectivity index (χ2v) is 10.9. The lowest BCUT2D eigenvalue weighted by molar-refractivity contribution is -0.113. The van der Waals surface area contributed by atoms with Gasteiger partial charge in [-0.1, -0.05) is 30.3 Å². The van der Waals surface area contributed by atoms with Crippen LogP contribution >= 0.6 is 11.6 Å². The van der Waals surface area contributed by atoms with Gasteiger partial charge in [-0.2, -0.15) is 5.10 Å². The lowest BCUT2D eigenvalue weighted by Gasteiger charge is -2.30.